The highest BCUT2D eigenvalue weighted by molar-refractivity contribution is 7.80. The van der Waals surface area contributed by atoms with E-state index in [2.05, 4.69) is 10.3 Å². The molecule has 1 aromatic rings. The van der Waals surface area contributed by atoms with Gasteiger partial charge in [0, 0.05) is 37.9 Å². The quantitative estimate of drug-likeness (QED) is 0.772. The van der Waals surface area contributed by atoms with Crippen LogP contribution in [0.1, 0.15) is 24.8 Å². The summed E-state index contributed by atoms with van der Waals surface area (Å²) >= 11 is 4.87. The molecular formula is C13H18N4OS. The summed E-state index contributed by atoms with van der Waals surface area (Å²) < 4.78 is 0. The number of aromatic nitrogens is 1. The van der Waals surface area contributed by atoms with Crippen LogP contribution in [0.3, 0.4) is 0 Å². The highest BCUT2D eigenvalue weighted by Crippen LogP contribution is 2.19. The van der Waals surface area contributed by atoms with Crippen molar-refractivity contribution < 1.29 is 4.79 Å². The Labute approximate surface area is 118 Å². The van der Waals surface area contributed by atoms with Crippen molar-refractivity contribution in [1.29, 1.82) is 0 Å². The minimum absolute atomic E-state index is 0.0531. The fourth-order valence-corrected chi connectivity index (χ4v) is 1.79. The maximum absolute atomic E-state index is 12.1. The maximum atomic E-state index is 12.1. The summed E-state index contributed by atoms with van der Waals surface area (Å²) in [5.41, 5.74) is 6.51. The number of amides is 2. The largest absolute Gasteiger partial charge is 0.393 e. The van der Waals surface area contributed by atoms with E-state index >= 15 is 0 Å². The molecule has 0 radical (unpaired) electrons. The van der Waals surface area contributed by atoms with Crippen molar-refractivity contribution >= 4 is 23.2 Å². The number of carbonyl (C=O) groups is 1. The van der Waals surface area contributed by atoms with E-state index in [1.807, 2.05) is 12.1 Å². The molecule has 19 heavy (non-hydrogen) atoms. The molecule has 1 aliphatic rings. The highest BCUT2D eigenvalue weighted by atomic mass is 32.1. The number of nitrogens with zero attached hydrogens (tertiary/aromatic N) is 2. The van der Waals surface area contributed by atoms with Crippen molar-refractivity contribution in [2.75, 3.05) is 6.54 Å². The van der Waals surface area contributed by atoms with Gasteiger partial charge < -0.3 is 16.0 Å². The van der Waals surface area contributed by atoms with Gasteiger partial charge in [-0.15, -0.1) is 0 Å². The van der Waals surface area contributed by atoms with Gasteiger partial charge in [0.25, 0.3) is 0 Å². The molecular weight excluding hydrogens is 260 g/mol. The average molecular weight is 278 g/mol. The third-order valence-electron chi connectivity index (χ3n) is 2.92. The van der Waals surface area contributed by atoms with E-state index in [0.717, 1.165) is 18.4 Å². The first kappa shape index (κ1) is 13.7. The average Bonchev–Trinajstić information content (AvgIpc) is 3.19. The molecule has 1 saturated carbocycles. The SMILES string of the molecule is NC(=S)CCN(Cc1cccnc1)C(=O)NC1CC1. The van der Waals surface area contributed by atoms with Gasteiger partial charge in [-0.05, 0) is 24.5 Å². The Bertz CT molecular complexity index is 447. The lowest BCUT2D eigenvalue weighted by atomic mass is 10.2. The summed E-state index contributed by atoms with van der Waals surface area (Å²) in [5.74, 6) is 0. The number of urea groups is 1. The van der Waals surface area contributed by atoms with Crippen LogP contribution in [0, 0.1) is 0 Å². The van der Waals surface area contributed by atoms with Gasteiger partial charge >= 0.3 is 6.03 Å². The molecule has 2 rings (SSSR count). The number of hydrogen-bond acceptors (Lipinski definition) is 3. The van der Waals surface area contributed by atoms with Gasteiger partial charge in [0.05, 0.1) is 4.99 Å². The first-order valence-corrected chi connectivity index (χ1v) is 6.78. The third kappa shape index (κ3) is 4.82. The van der Waals surface area contributed by atoms with Gasteiger partial charge in [-0.2, -0.15) is 0 Å². The van der Waals surface area contributed by atoms with Crippen LogP contribution in [0.5, 0.6) is 0 Å². The number of hydrogen-bond donors (Lipinski definition) is 2. The first-order valence-electron chi connectivity index (χ1n) is 6.38. The molecule has 0 aliphatic heterocycles. The molecule has 0 bridgehead atoms. The van der Waals surface area contributed by atoms with E-state index in [9.17, 15) is 4.79 Å². The Morgan fingerprint density at radius 3 is 2.95 bits per heavy atom. The Hall–Kier alpha value is -1.69. The Balaban J connectivity index is 1.95. The van der Waals surface area contributed by atoms with E-state index in [0.29, 0.717) is 30.5 Å². The lowest BCUT2D eigenvalue weighted by Crippen LogP contribution is -2.41. The van der Waals surface area contributed by atoms with Crippen molar-refractivity contribution in [2.24, 2.45) is 5.73 Å². The molecule has 3 N–H and O–H groups in total. The lowest BCUT2D eigenvalue weighted by molar-refractivity contribution is 0.196. The molecule has 1 aromatic heterocycles. The fourth-order valence-electron chi connectivity index (χ4n) is 1.70. The summed E-state index contributed by atoms with van der Waals surface area (Å²) in [7, 11) is 0. The maximum Gasteiger partial charge on any atom is 0.317 e. The number of rotatable bonds is 6. The molecule has 2 amide bonds. The molecule has 102 valence electrons. The van der Waals surface area contributed by atoms with Crippen LogP contribution in [-0.2, 0) is 6.54 Å². The van der Waals surface area contributed by atoms with Gasteiger partial charge in [-0.1, -0.05) is 18.3 Å². The minimum Gasteiger partial charge on any atom is -0.393 e. The molecule has 0 aromatic carbocycles. The molecule has 1 heterocycles. The van der Waals surface area contributed by atoms with Crippen molar-refractivity contribution in [3.8, 4) is 0 Å². The fraction of sp³-hybridized carbons (Fsp3) is 0.462. The Morgan fingerprint density at radius 1 is 1.58 bits per heavy atom. The highest BCUT2D eigenvalue weighted by Gasteiger charge is 2.25. The number of carbonyl (C=O) groups excluding carboxylic acids is 1. The molecule has 1 fully saturated rings. The van der Waals surface area contributed by atoms with Gasteiger partial charge in [-0.3, -0.25) is 4.98 Å². The molecule has 6 heteroatoms. The van der Waals surface area contributed by atoms with Crippen molar-refractivity contribution in [2.45, 2.75) is 31.8 Å². The molecule has 0 atom stereocenters. The van der Waals surface area contributed by atoms with Crippen molar-refractivity contribution in [3.05, 3.63) is 30.1 Å². The van der Waals surface area contributed by atoms with Gasteiger partial charge in [0.15, 0.2) is 0 Å². The zero-order valence-electron chi connectivity index (χ0n) is 10.7. The van der Waals surface area contributed by atoms with Crippen LogP contribution < -0.4 is 11.1 Å². The summed E-state index contributed by atoms with van der Waals surface area (Å²) in [4.78, 5) is 18.3. The van der Waals surface area contributed by atoms with E-state index in [4.69, 9.17) is 18.0 Å². The lowest BCUT2D eigenvalue weighted by Gasteiger charge is -2.23. The molecule has 0 saturated heterocycles. The molecule has 5 nitrogen and oxygen atoms in total. The standard InChI is InChI=1S/C13H18N4OS/c14-12(19)5-7-17(13(18)16-11-3-4-11)9-10-2-1-6-15-8-10/h1-2,6,8,11H,3-5,7,9H2,(H2,14,19)(H,16,18). The summed E-state index contributed by atoms with van der Waals surface area (Å²) in [5, 5.41) is 2.98. The second kappa shape index (κ2) is 6.47. The second-order valence-electron chi connectivity index (χ2n) is 4.72. The van der Waals surface area contributed by atoms with E-state index in [1.165, 1.54) is 0 Å². The molecule has 1 aliphatic carbocycles. The van der Waals surface area contributed by atoms with Gasteiger partial charge in [-0.25, -0.2) is 4.79 Å². The number of pyridine rings is 1. The van der Waals surface area contributed by atoms with Crippen LogP contribution in [-0.4, -0.2) is 33.5 Å². The third-order valence-corrected chi connectivity index (χ3v) is 3.12. The Morgan fingerprint density at radius 2 is 2.37 bits per heavy atom. The second-order valence-corrected chi connectivity index (χ2v) is 5.25. The predicted molar refractivity (Wildman–Crippen MR) is 77.6 cm³/mol. The Kier molecular flexibility index (Phi) is 4.68. The van der Waals surface area contributed by atoms with E-state index in [1.54, 1.807) is 17.3 Å². The van der Waals surface area contributed by atoms with Gasteiger partial charge in [0.1, 0.15) is 0 Å². The normalized spacial score (nSPS) is 13.9. The van der Waals surface area contributed by atoms with Crippen LogP contribution in [0.2, 0.25) is 0 Å². The first-order chi connectivity index (χ1) is 9.15. The number of nitrogens with two attached hydrogens (primary N) is 1. The minimum atomic E-state index is -0.0531. The van der Waals surface area contributed by atoms with Crippen LogP contribution in [0.25, 0.3) is 0 Å². The molecule has 0 unspecified atom stereocenters. The van der Waals surface area contributed by atoms with Crippen molar-refractivity contribution in [3.63, 3.8) is 0 Å². The predicted octanol–water partition coefficient (Wildman–Crippen LogP) is 1.43. The zero-order valence-corrected chi connectivity index (χ0v) is 11.5. The number of nitrogens with one attached hydrogen (secondary N) is 1. The van der Waals surface area contributed by atoms with Crippen LogP contribution in [0.15, 0.2) is 24.5 Å². The smallest absolute Gasteiger partial charge is 0.317 e. The van der Waals surface area contributed by atoms with E-state index < -0.39 is 0 Å². The van der Waals surface area contributed by atoms with Crippen LogP contribution >= 0.6 is 12.2 Å². The number of thiocarbonyl (C=S) groups is 1. The zero-order chi connectivity index (χ0) is 13.7. The monoisotopic (exact) mass is 278 g/mol. The van der Waals surface area contributed by atoms with E-state index in [-0.39, 0.29) is 6.03 Å². The summed E-state index contributed by atoms with van der Waals surface area (Å²) in [6.07, 6.45) is 6.16. The molecule has 0 spiro atoms. The van der Waals surface area contributed by atoms with Gasteiger partial charge in [0.2, 0.25) is 0 Å². The summed E-state index contributed by atoms with van der Waals surface area (Å²) in [6.45, 7) is 1.05. The van der Waals surface area contributed by atoms with Crippen LogP contribution in [0.4, 0.5) is 4.79 Å². The summed E-state index contributed by atoms with van der Waals surface area (Å²) in [6, 6.07) is 4.10. The topological polar surface area (TPSA) is 71.2 Å². The van der Waals surface area contributed by atoms with Crippen molar-refractivity contribution in [1.82, 2.24) is 15.2 Å².